The fourth-order valence-corrected chi connectivity index (χ4v) is 2.91. The highest BCUT2D eigenvalue weighted by Gasteiger charge is 2.20. The van der Waals surface area contributed by atoms with Crippen molar-refractivity contribution in [1.29, 1.82) is 0 Å². The van der Waals surface area contributed by atoms with Gasteiger partial charge in [-0.2, -0.15) is 5.10 Å². The minimum absolute atomic E-state index is 0.0169. The van der Waals surface area contributed by atoms with E-state index < -0.39 is 0 Å². The van der Waals surface area contributed by atoms with E-state index >= 15 is 0 Å². The second-order valence-electron chi connectivity index (χ2n) is 6.17. The predicted octanol–water partition coefficient (Wildman–Crippen LogP) is 0.827. The zero-order valence-electron chi connectivity index (χ0n) is 14.4. The van der Waals surface area contributed by atoms with E-state index in [1.165, 1.54) is 0 Å². The van der Waals surface area contributed by atoms with E-state index in [2.05, 4.69) is 21.5 Å². The van der Waals surface area contributed by atoms with Crippen molar-refractivity contribution in [3.05, 3.63) is 29.5 Å². The number of aryl methyl sites for hydroxylation is 3. The van der Waals surface area contributed by atoms with Gasteiger partial charge in [0.15, 0.2) is 5.82 Å². The standard InChI is InChI=1S/C16H24N6O2/c1-12-7-13(2)22(19-12)6-4-5-17-15(23)8-21-10-18-16-14(21)9-24-11-20(16)3/h7,10H,4-6,8-9,11H2,1-3H3,(H,17,23). The topological polar surface area (TPSA) is 77.2 Å². The molecular weight excluding hydrogens is 308 g/mol. The molecule has 0 fully saturated rings. The molecule has 2 aromatic rings. The number of nitrogens with one attached hydrogen (secondary N) is 1. The molecule has 1 amide bonds. The number of hydrogen-bond acceptors (Lipinski definition) is 5. The molecule has 0 unspecified atom stereocenters. The summed E-state index contributed by atoms with van der Waals surface area (Å²) in [6.07, 6.45) is 2.55. The van der Waals surface area contributed by atoms with E-state index in [9.17, 15) is 4.79 Å². The van der Waals surface area contributed by atoms with Gasteiger partial charge < -0.3 is 19.5 Å². The lowest BCUT2D eigenvalue weighted by Crippen LogP contribution is -2.31. The van der Waals surface area contributed by atoms with Gasteiger partial charge in [-0.15, -0.1) is 0 Å². The summed E-state index contributed by atoms with van der Waals surface area (Å²) in [4.78, 5) is 18.4. The molecule has 2 aromatic heterocycles. The number of amides is 1. The molecule has 0 atom stereocenters. The maximum absolute atomic E-state index is 12.1. The lowest BCUT2D eigenvalue weighted by atomic mass is 10.3. The first-order chi connectivity index (χ1) is 11.5. The third-order valence-corrected chi connectivity index (χ3v) is 4.10. The second kappa shape index (κ2) is 7.04. The van der Waals surface area contributed by atoms with Crippen LogP contribution in [0.15, 0.2) is 12.4 Å². The highest BCUT2D eigenvalue weighted by molar-refractivity contribution is 5.76. The Hall–Kier alpha value is -2.35. The first-order valence-corrected chi connectivity index (χ1v) is 8.15. The Balaban J connectivity index is 1.46. The van der Waals surface area contributed by atoms with Crippen LogP contribution in [0.25, 0.3) is 0 Å². The zero-order chi connectivity index (χ0) is 17.1. The van der Waals surface area contributed by atoms with Crippen LogP contribution >= 0.6 is 0 Å². The lowest BCUT2D eigenvalue weighted by Gasteiger charge is -2.24. The Bertz CT molecular complexity index is 720. The van der Waals surface area contributed by atoms with Gasteiger partial charge in [-0.05, 0) is 26.3 Å². The summed E-state index contributed by atoms with van der Waals surface area (Å²) < 4.78 is 9.29. The monoisotopic (exact) mass is 332 g/mol. The van der Waals surface area contributed by atoms with Gasteiger partial charge in [0.2, 0.25) is 5.91 Å². The average molecular weight is 332 g/mol. The van der Waals surface area contributed by atoms with Crippen LogP contribution in [0.3, 0.4) is 0 Å². The fourth-order valence-electron chi connectivity index (χ4n) is 2.91. The maximum Gasteiger partial charge on any atom is 0.239 e. The van der Waals surface area contributed by atoms with Gasteiger partial charge in [-0.25, -0.2) is 4.98 Å². The molecule has 1 N–H and O–H groups in total. The number of ether oxygens (including phenoxy) is 1. The van der Waals surface area contributed by atoms with Gasteiger partial charge in [-0.1, -0.05) is 0 Å². The maximum atomic E-state index is 12.1. The third kappa shape index (κ3) is 3.59. The van der Waals surface area contributed by atoms with Crippen LogP contribution in [-0.2, 0) is 29.2 Å². The number of nitrogens with zero attached hydrogens (tertiary/aromatic N) is 5. The van der Waals surface area contributed by atoms with Gasteiger partial charge in [0, 0.05) is 25.8 Å². The van der Waals surface area contributed by atoms with Gasteiger partial charge in [0.1, 0.15) is 13.3 Å². The number of rotatable bonds is 6. The summed E-state index contributed by atoms with van der Waals surface area (Å²) in [7, 11) is 1.92. The largest absolute Gasteiger partial charge is 0.355 e. The van der Waals surface area contributed by atoms with Crippen LogP contribution in [0.1, 0.15) is 23.5 Å². The normalized spacial score (nSPS) is 13.9. The van der Waals surface area contributed by atoms with Crippen LogP contribution in [-0.4, -0.2) is 45.6 Å². The van der Waals surface area contributed by atoms with Crippen molar-refractivity contribution in [2.24, 2.45) is 0 Å². The minimum atomic E-state index is -0.0169. The fraction of sp³-hybridized carbons (Fsp3) is 0.562. The van der Waals surface area contributed by atoms with Crippen molar-refractivity contribution in [2.45, 2.75) is 40.0 Å². The number of carbonyl (C=O) groups is 1. The summed E-state index contributed by atoms with van der Waals surface area (Å²) in [5.74, 6) is 0.871. The Labute approximate surface area is 141 Å². The number of carbonyl (C=O) groups excluding carboxylic acids is 1. The van der Waals surface area contributed by atoms with E-state index in [1.54, 1.807) is 6.33 Å². The van der Waals surface area contributed by atoms with E-state index in [0.29, 0.717) is 19.9 Å². The first-order valence-electron chi connectivity index (χ1n) is 8.15. The number of aromatic nitrogens is 4. The summed E-state index contributed by atoms with van der Waals surface area (Å²) in [6.45, 7) is 6.74. The van der Waals surface area contributed by atoms with Crippen molar-refractivity contribution >= 4 is 11.7 Å². The lowest BCUT2D eigenvalue weighted by molar-refractivity contribution is -0.121. The number of hydrogen-bond donors (Lipinski definition) is 1. The molecule has 0 aromatic carbocycles. The molecule has 3 heterocycles. The van der Waals surface area contributed by atoms with E-state index in [0.717, 1.165) is 35.9 Å². The second-order valence-corrected chi connectivity index (χ2v) is 6.17. The molecule has 0 spiro atoms. The quantitative estimate of drug-likeness (QED) is 0.793. The zero-order valence-corrected chi connectivity index (χ0v) is 14.4. The Morgan fingerprint density at radius 3 is 3.00 bits per heavy atom. The number of fused-ring (bicyclic) bond motifs is 1. The summed E-state index contributed by atoms with van der Waals surface area (Å²) in [6, 6.07) is 2.06. The first kappa shape index (κ1) is 16.5. The van der Waals surface area contributed by atoms with Crippen LogP contribution in [0.2, 0.25) is 0 Å². The van der Waals surface area contributed by atoms with Crippen molar-refractivity contribution in [3.63, 3.8) is 0 Å². The number of anilines is 1. The SMILES string of the molecule is Cc1cc(C)n(CCCNC(=O)Cn2cnc3c2COCN3C)n1. The summed E-state index contributed by atoms with van der Waals surface area (Å²) >= 11 is 0. The van der Waals surface area contributed by atoms with Crippen molar-refractivity contribution < 1.29 is 9.53 Å². The molecule has 1 aliphatic rings. The van der Waals surface area contributed by atoms with Crippen LogP contribution in [0.5, 0.6) is 0 Å². The van der Waals surface area contributed by atoms with Gasteiger partial charge in [-0.3, -0.25) is 9.48 Å². The Morgan fingerprint density at radius 2 is 2.25 bits per heavy atom. The highest BCUT2D eigenvalue weighted by atomic mass is 16.5. The van der Waals surface area contributed by atoms with Gasteiger partial charge in [0.05, 0.1) is 24.3 Å². The molecule has 3 rings (SSSR count). The molecule has 0 saturated heterocycles. The van der Waals surface area contributed by atoms with E-state index in [-0.39, 0.29) is 12.5 Å². The van der Waals surface area contributed by atoms with Gasteiger partial charge >= 0.3 is 0 Å². The summed E-state index contributed by atoms with van der Waals surface area (Å²) in [5, 5.41) is 7.37. The molecule has 8 nitrogen and oxygen atoms in total. The van der Waals surface area contributed by atoms with E-state index in [4.69, 9.17) is 4.74 Å². The molecule has 0 aliphatic carbocycles. The minimum Gasteiger partial charge on any atom is -0.355 e. The van der Waals surface area contributed by atoms with Crippen LogP contribution < -0.4 is 10.2 Å². The molecule has 0 radical (unpaired) electrons. The predicted molar refractivity (Wildman–Crippen MR) is 89.6 cm³/mol. The highest BCUT2D eigenvalue weighted by Crippen LogP contribution is 2.22. The Morgan fingerprint density at radius 1 is 1.42 bits per heavy atom. The molecule has 130 valence electrons. The van der Waals surface area contributed by atoms with Gasteiger partial charge in [0.25, 0.3) is 0 Å². The van der Waals surface area contributed by atoms with Crippen molar-refractivity contribution in [3.8, 4) is 0 Å². The smallest absolute Gasteiger partial charge is 0.239 e. The average Bonchev–Trinajstić information content (AvgIpc) is 3.08. The van der Waals surface area contributed by atoms with E-state index in [1.807, 2.05) is 35.0 Å². The number of imidazole rings is 1. The molecule has 24 heavy (non-hydrogen) atoms. The Kier molecular flexibility index (Phi) is 4.84. The third-order valence-electron chi connectivity index (χ3n) is 4.10. The molecular formula is C16H24N6O2. The van der Waals surface area contributed by atoms with Crippen LogP contribution in [0.4, 0.5) is 5.82 Å². The van der Waals surface area contributed by atoms with Crippen LogP contribution in [0, 0.1) is 13.8 Å². The van der Waals surface area contributed by atoms with Crippen molar-refractivity contribution in [1.82, 2.24) is 24.6 Å². The summed E-state index contributed by atoms with van der Waals surface area (Å²) in [5.41, 5.74) is 3.11. The van der Waals surface area contributed by atoms with Crippen molar-refractivity contribution in [2.75, 3.05) is 25.2 Å². The molecule has 0 bridgehead atoms. The molecule has 1 aliphatic heterocycles. The molecule has 0 saturated carbocycles. The molecule has 8 heteroatoms.